The van der Waals surface area contributed by atoms with E-state index >= 15 is 0 Å². The Bertz CT molecular complexity index is 823. The number of aromatic nitrogens is 1. The van der Waals surface area contributed by atoms with Crippen molar-refractivity contribution >= 4 is 27.4 Å². The van der Waals surface area contributed by atoms with Crippen LogP contribution in [-0.4, -0.2) is 49.1 Å². The van der Waals surface area contributed by atoms with Gasteiger partial charge in [-0.3, -0.25) is 4.79 Å². The predicted molar refractivity (Wildman–Crippen MR) is 93.3 cm³/mol. The lowest BCUT2D eigenvalue weighted by Gasteiger charge is -2.07. The third kappa shape index (κ3) is 4.28. The number of ether oxygens (including phenoxy) is 1. The standard InChI is InChI=1S/C16H23N3O5S/c1-5-24-16(21)13-9(2)14(17-10(13)3)11(4)18-19-15(20)12-6-7-25(22,23)8-12/h12,17H,5-8H2,1-4H3,(H,19,20)/b18-11+/t12-/m1/s1. The summed E-state index contributed by atoms with van der Waals surface area (Å²) in [6.45, 7) is 7.25. The number of hydrogen-bond acceptors (Lipinski definition) is 6. The van der Waals surface area contributed by atoms with Crippen LogP contribution in [-0.2, 0) is 19.4 Å². The Labute approximate surface area is 146 Å². The molecule has 9 heteroatoms. The summed E-state index contributed by atoms with van der Waals surface area (Å²) in [4.78, 5) is 27.1. The molecule has 0 spiro atoms. The van der Waals surface area contributed by atoms with Crippen LogP contribution in [0.4, 0.5) is 0 Å². The minimum atomic E-state index is -3.12. The number of nitrogens with one attached hydrogen (secondary N) is 2. The highest BCUT2D eigenvalue weighted by Gasteiger charge is 2.33. The monoisotopic (exact) mass is 369 g/mol. The van der Waals surface area contributed by atoms with Crippen molar-refractivity contribution in [3.63, 3.8) is 0 Å². The second-order valence-electron chi connectivity index (χ2n) is 6.12. The number of amides is 1. The lowest BCUT2D eigenvalue weighted by atomic mass is 10.1. The number of sulfone groups is 1. The third-order valence-corrected chi connectivity index (χ3v) is 5.98. The Kier molecular flexibility index (Phi) is 5.66. The molecule has 0 aliphatic carbocycles. The first kappa shape index (κ1) is 19.2. The van der Waals surface area contributed by atoms with E-state index in [2.05, 4.69) is 15.5 Å². The Hall–Kier alpha value is -2.16. The lowest BCUT2D eigenvalue weighted by molar-refractivity contribution is -0.124. The van der Waals surface area contributed by atoms with Crippen molar-refractivity contribution in [2.75, 3.05) is 18.1 Å². The van der Waals surface area contributed by atoms with Gasteiger partial charge in [-0.2, -0.15) is 5.10 Å². The molecule has 138 valence electrons. The summed E-state index contributed by atoms with van der Waals surface area (Å²) in [6.07, 6.45) is 0.316. The van der Waals surface area contributed by atoms with Crippen LogP contribution in [0.2, 0.25) is 0 Å². The van der Waals surface area contributed by atoms with E-state index in [1.165, 1.54) is 0 Å². The zero-order chi connectivity index (χ0) is 18.8. The molecule has 2 rings (SSSR count). The minimum Gasteiger partial charge on any atom is -0.462 e. The quantitative estimate of drug-likeness (QED) is 0.457. The summed E-state index contributed by atoms with van der Waals surface area (Å²) in [5, 5.41) is 4.05. The number of carbonyl (C=O) groups excluding carboxylic acids is 2. The average molecular weight is 369 g/mol. The maximum absolute atomic E-state index is 12.1. The van der Waals surface area contributed by atoms with Crippen LogP contribution in [0.5, 0.6) is 0 Å². The Morgan fingerprint density at radius 2 is 2.04 bits per heavy atom. The van der Waals surface area contributed by atoms with Gasteiger partial charge in [-0.05, 0) is 39.7 Å². The van der Waals surface area contributed by atoms with Gasteiger partial charge in [-0.25, -0.2) is 18.6 Å². The Morgan fingerprint density at radius 1 is 1.36 bits per heavy atom. The second-order valence-corrected chi connectivity index (χ2v) is 8.35. The van der Waals surface area contributed by atoms with Crippen molar-refractivity contribution in [1.29, 1.82) is 0 Å². The van der Waals surface area contributed by atoms with E-state index in [1.807, 2.05) is 0 Å². The second kappa shape index (κ2) is 7.38. The maximum Gasteiger partial charge on any atom is 0.340 e. The zero-order valence-electron chi connectivity index (χ0n) is 14.8. The first-order valence-electron chi connectivity index (χ1n) is 8.07. The molecule has 1 aromatic rings. The molecular formula is C16H23N3O5S. The molecule has 1 amide bonds. The van der Waals surface area contributed by atoms with Gasteiger partial charge in [-0.15, -0.1) is 0 Å². The molecule has 1 aliphatic heterocycles. The van der Waals surface area contributed by atoms with E-state index in [1.54, 1.807) is 27.7 Å². The van der Waals surface area contributed by atoms with Crippen LogP contribution in [0.25, 0.3) is 0 Å². The fourth-order valence-electron chi connectivity index (χ4n) is 2.91. The summed E-state index contributed by atoms with van der Waals surface area (Å²) in [5.41, 5.74) is 5.34. The molecule has 25 heavy (non-hydrogen) atoms. The van der Waals surface area contributed by atoms with Crippen LogP contribution in [0.1, 0.15) is 47.6 Å². The van der Waals surface area contributed by atoms with Crippen LogP contribution >= 0.6 is 0 Å². The van der Waals surface area contributed by atoms with Gasteiger partial charge < -0.3 is 9.72 Å². The molecule has 0 unspecified atom stereocenters. The zero-order valence-corrected chi connectivity index (χ0v) is 15.6. The molecule has 1 aromatic heterocycles. The maximum atomic E-state index is 12.1. The molecule has 2 heterocycles. The van der Waals surface area contributed by atoms with E-state index in [-0.39, 0.29) is 18.1 Å². The number of H-pyrrole nitrogens is 1. The molecule has 0 bridgehead atoms. The fraction of sp³-hybridized carbons (Fsp3) is 0.562. The van der Waals surface area contributed by atoms with Crippen LogP contribution in [0.15, 0.2) is 5.10 Å². The predicted octanol–water partition coefficient (Wildman–Crippen LogP) is 1.08. The number of esters is 1. The van der Waals surface area contributed by atoms with Gasteiger partial charge in [-0.1, -0.05) is 0 Å². The summed E-state index contributed by atoms with van der Waals surface area (Å²) in [5.74, 6) is -1.49. The number of nitrogens with zero attached hydrogens (tertiary/aromatic N) is 1. The molecular weight excluding hydrogens is 346 g/mol. The topological polar surface area (TPSA) is 118 Å². The molecule has 2 N–H and O–H groups in total. The first-order valence-corrected chi connectivity index (χ1v) is 9.89. The van der Waals surface area contributed by atoms with Gasteiger partial charge in [0.2, 0.25) is 5.91 Å². The van der Waals surface area contributed by atoms with Gasteiger partial charge in [0.25, 0.3) is 0 Å². The van der Waals surface area contributed by atoms with Gasteiger partial charge in [0.15, 0.2) is 9.84 Å². The van der Waals surface area contributed by atoms with E-state index < -0.39 is 27.6 Å². The number of rotatable bonds is 5. The molecule has 0 saturated carbocycles. The number of hydrazone groups is 1. The highest BCUT2D eigenvalue weighted by atomic mass is 32.2. The van der Waals surface area contributed by atoms with Gasteiger partial charge in [0.1, 0.15) is 0 Å². The largest absolute Gasteiger partial charge is 0.462 e. The normalized spacial score (nSPS) is 19.7. The minimum absolute atomic E-state index is 0.0333. The number of aryl methyl sites for hydroxylation is 1. The van der Waals surface area contributed by atoms with Crippen molar-refractivity contribution < 1.29 is 22.7 Å². The third-order valence-electron chi connectivity index (χ3n) is 4.22. The summed E-state index contributed by atoms with van der Waals surface area (Å²) < 4.78 is 27.9. The van der Waals surface area contributed by atoms with Gasteiger partial charge >= 0.3 is 5.97 Å². The number of hydrogen-bond donors (Lipinski definition) is 2. The Morgan fingerprint density at radius 3 is 2.60 bits per heavy atom. The molecule has 1 fully saturated rings. The molecule has 1 atom stereocenters. The van der Waals surface area contributed by atoms with Crippen molar-refractivity contribution in [2.45, 2.75) is 34.1 Å². The average Bonchev–Trinajstić information content (AvgIpc) is 3.04. The van der Waals surface area contributed by atoms with E-state index in [0.717, 1.165) is 0 Å². The summed E-state index contributed by atoms with van der Waals surface area (Å²) in [6, 6.07) is 0. The lowest BCUT2D eigenvalue weighted by Crippen LogP contribution is -2.28. The van der Waals surface area contributed by atoms with Crippen molar-refractivity contribution in [3.8, 4) is 0 Å². The van der Waals surface area contributed by atoms with Crippen molar-refractivity contribution in [1.82, 2.24) is 10.4 Å². The van der Waals surface area contributed by atoms with Gasteiger partial charge in [0, 0.05) is 5.69 Å². The van der Waals surface area contributed by atoms with Crippen molar-refractivity contribution in [3.05, 3.63) is 22.5 Å². The smallest absolute Gasteiger partial charge is 0.340 e. The Balaban J connectivity index is 2.14. The number of aromatic amines is 1. The molecule has 0 radical (unpaired) electrons. The van der Waals surface area contributed by atoms with E-state index in [9.17, 15) is 18.0 Å². The number of carbonyl (C=O) groups is 2. The van der Waals surface area contributed by atoms with Crippen LogP contribution < -0.4 is 5.43 Å². The van der Waals surface area contributed by atoms with Crippen molar-refractivity contribution in [2.24, 2.45) is 11.0 Å². The molecule has 8 nitrogen and oxygen atoms in total. The molecule has 1 aliphatic rings. The van der Waals surface area contributed by atoms with Crippen LogP contribution in [0.3, 0.4) is 0 Å². The summed E-state index contributed by atoms with van der Waals surface area (Å²) >= 11 is 0. The first-order chi connectivity index (χ1) is 11.7. The molecule has 1 saturated heterocycles. The highest BCUT2D eigenvalue weighted by molar-refractivity contribution is 7.91. The van der Waals surface area contributed by atoms with E-state index in [0.29, 0.717) is 34.6 Å². The van der Waals surface area contributed by atoms with Crippen LogP contribution in [0, 0.1) is 19.8 Å². The van der Waals surface area contributed by atoms with E-state index in [4.69, 9.17) is 4.74 Å². The SMILES string of the molecule is CCOC(=O)c1c(C)[nH]c(/C(C)=N/NC(=O)[C@@H]2CCS(=O)(=O)C2)c1C. The highest BCUT2D eigenvalue weighted by Crippen LogP contribution is 2.20. The summed E-state index contributed by atoms with van der Waals surface area (Å²) in [7, 11) is -3.12. The molecule has 0 aromatic carbocycles. The fourth-order valence-corrected chi connectivity index (χ4v) is 4.65. The van der Waals surface area contributed by atoms with Gasteiger partial charge in [0.05, 0.1) is 41.0 Å².